The Bertz CT molecular complexity index is 409. The predicted octanol–water partition coefficient (Wildman–Crippen LogP) is 0.923. The van der Waals surface area contributed by atoms with Gasteiger partial charge in [-0.3, -0.25) is 0 Å². The zero-order valence-electron chi connectivity index (χ0n) is 8.98. The van der Waals surface area contributed by atoms with Crippen molar-refractivity contribution in [2.75, 3.05) is 18.5 Å². The normalized spacial score (nSPS) is 16.5. The highest BCUT2D eigenvalue weighted by Gasteiger charge is 2.41. The van der Waals surface area contributed by atoms with Crippen LogP contribution in [0.2, 0.25) is 0 Å². The maximum Gasteiger partial charge on any atom is 0.166 e. The van der Waals surface area contributed by atoms with Crippen molar-refractivity contribution in [3.05, 3.63) is 17.8 Å². The van der Waals surface area contributed by atoms with Crippen LogP contribution in [0.3, 0.4) is 0 Å². The largest absolute Gasteiger partial charge is 0.396 e. The van der Waals surface area contributed by atoms with Crippen molar-refractivity contribution in [3.63, 3.8) is 0 Å². The molecule has 1 heterocycles. The first-order valence-electron chi connectivity index (χ1n) is 5.36. The first-order valence-corrected chi connectivity index (χ1v) is 5.36. The molecule has 16 heavy (non-hydrogen) atoms. The lowest BCUT2D eigenvalue weighted by Crippen LogP contribution is -2.18. The van der Waals surface area contributed by atoms with Crippen molar-refractivity contribution in [3.8, 4) is 6.07 Å². The minimum Gasteiger partial charge on any atom is -0.396 e. The Morgan fingerprint density at radius 2 is 2.38 bits per heavy atom. The van der Waals surface area contributed by atoms with Gasteiger partial charge in [-0.15, -0.1) is 5.10 Å². The van der Waals surface area contributed by atoms with Gasteiger partial charge in [-0.05, 0) is 30.7 Å². The number of anilines is 1. The second kappa shape index (κ2) is 4.45. The molecule has 0 radical (unpaired) electrons. The van der Waals surface area contributed by atoms with Crippen LogP contribution in [0, 0.1) is 16.7 Å². The molecule has 1 aliphatic carbocycles. The van der Waals surface area contributed by atoms with Gasteiger partial charge in [-0.2, -0.15) is 10.4 Å². The third kappa shape index (κ3) is 2.28. The van der Waals surface area contributed by atoms with Crippen molar-refractivity contribution in [1.29, 1.82) is 5.26 Å². The SMILES string of the molecule is N#Cc1ccnnc1NCC1(CCO)CC1. The molecular weight excluding hydrogens is 204 g/mol. The Morgan fingerprint density at radius 3 is 3.00 bits per heavy atom. The van der Waals surface area contributed by atoms with Crippen LogP contribution in [0.25, 0.3) is 0 Å². The summed E-state index contributed by atoms with van der Waals surface area (Å²) in [6.07, 6.45) is 4.57. The first kappa shape index (κ1) is 10.8. The Labute approximate surface area is 94.1 Å². The van der Waals surface area contributed by atoms with E-state index in [0.717, 1.165) is 25.8 Å². The number of nitriles is 1. The number of hydrogen-bond donors (Lipinski definition) is 2. The quantitative estimate of drug-likeness (QED) is 0.768. The molecule has 2 N–H and O–H groups in total. The highest BCUT2D eigenvalue weighted by Crippen LogP contribution is 2.48. The fourth-order valence-corrected chi connectivity index (χ4v) is 1.75. The molecular formula is C11H14N4O. The summed E-state index contributed by atoms with van der Waals surface area (Å²) in [6.45, 7) is 0.966. The van der Waals surface area contributed by atoms with Crippen LogP contribution in [-0.4, -0.2) is 28.5 Å². The van der Waals surface area contributed by atoms with E-state index in [1.54, 1.807) is 6.07 Å². The minimum absolute atomic E-state index is 0.207. The molecule has 1 aliphatic rings. The first-order chi connectivity index (χ1) is 7.79. The van der Waals surface area contributed by atoms with Gasteiger partial charge in [-0.1, -0.05) is 0 Å². The van der Waals surface area contributed by atoms with Crippen LogP contribution in [0.5, 0.6) is 0 Å². The highest BCUT2D eigenvalue weighted by molar-refractivity contribution is 5.50. The molecule has 0 atom stereocenters. The van der Waals surface area contributed by atoms with Crippen molar-refractivity contribution in [2.45, 2.75) is 19.3 Å². The van der Waals surface area contributed by atoms with E-state index in [1.165, 1.54) is 6.20 Å². The van der Waals surface area contributed by atoms with Crippen molar-refractivity contribution in [2.24, 2.45) is 5.41 Å². The summed E-state index contributed by atoms with van der Waals surface area (Å²) in [5.74, 6) is 0.536. The fourth-order valence-electron chi connectivity index (χ4n) is 1.75. The number of aliphatic hydroxyl groups is 1. The highest BCUT2D eigenvalue weighted by atomic mass is 16.3. The van der Waals surface area contributed by atoms with Gasteiger partial charge in [0.05, 0.1) is 11.8 Å². The lowest BCUT2D eigenvalue weighted by Gasteiger charge is -2.14. The number of aliphatic hydroxyl groups excluding tert-OH is 1. The Morgan fingerprint density at radius 1 is 1.56 bits per heavy atom. The standard InChI is InChI=1S/C11H14N4O/c12-7-9-1-5-14-15-10(9)13-8-11(2-3-11)4-6-16/h1,5,16H,2-4,6,8H2,(H,13,15). The van der Waals surface area contributed by atoms with Crippen LogP contribution in [0.15, 0.2) is 12.3 Å². The molecule has 1 aromatic rings. The molecule has 0 aliphatic heterocycles. The number of nitrogens with zero attached hydrogens (tertiary/aromatic N) is 3. The van der Waals surface area contributed by atoms with E-state index in [0.29, 0.717) is 11.4 Å². The summed E-state index contributed by atoms with van der Waals surface area (Å²) in [7, 11) is 0. The molecule has 5 nitrogen and oxygen atoms in total. The molecule has 0 spiro atoms. The van der Waals surface area contributed by atoms with Gasteiger partial charge < -0.3 is 10.4 Å². The summed E-state index contributed by atoms with van der Waals surface area (Å²) >= 11 is 0. The van der Waals surface area contributed by atoms with Gasteiger partial charge in [0.1, 0.15) is 6.07 Å². The van der Waals surface area contributed by atoms with E-state index in [9.17, 15) is 0 Å². The molecule has 0 unspecified atom stereocenters. The lowest BCUT2D eigenvalue weighted by atomic mass is 10.0. The summed E-state index contributed by atoms with van der Waals surface area (Å²) in [4.78, 5) is 0. The van der Waals surface area contributed by atoms with E-state index in [-0.39, 0.29) is 12.0 Å². The smallest absolute Gasteiger partial charge is 0.166 e. The number of aromatic nitrogens is 2. The van der Waals surface area contributed by atoms with Crippen LogP contribution >= 0.6 is 0 Å². The van der Waals surface area contributed by atoms with Crippen LogP contribution in [-0.2, 0) is 0 Å². The average Bonchev–Trinajstić information content (AvgIpc) is 3.08. The monoisotopic (exact) mass is 218 g/mol. The molecule has 0 bridgehead atoms. The van der Waals surface area contributed by atoms with E-state index < -0.39 is 0 Å². The number of nitrogens with one attached hydrogen (secondary N) is 1. The number of rotatable bonds is 5. The summed E-state index contributed by atoms with van der Waals surface area (Å²) < 4.78 is 0. The molecule has 1 saturated carbocycles. The van der Waals surface area contributed by atoms with E-state index >= 15 is 0 Å². The minimum atomic E-state index is 0.207. The fraction of sp³-hybridized carbons (Fsp3) is 0.545. The molecule has 0 saturated heterocycles. The van der Waals surface area contributed by atoms with E-state index in [1.807, 2.05) is 0 Å². The Hall–Kier alpha value is -1.67. The van der Waals surface area contributed by atoms with Gasteiger partial charge >= 0.3 is 0 Å². The van der Waals surface area contributed by atoms with Gasteiger partial charge in [0.15, 0.2) is 5.82 Å². The van der Waals surface area contributed by atoms with E-state index in [4.69, 9.17) is 10.4 Å². The van der Waals surface area contributed by atoms with Gasteiger partial charge in [-0.25, -0.2) is 0 Å². The van der Waals surface area contributed by atoms with Gasteiger partial charge in [0.25, 0.3) is 0 Å². The zero-order chi connectivity index (χ0) is 11.4. The number of hydrogen-bond acceptors (Lipinski definition) is 5. The van der Waals surface area contributed by atoms with Crippen molar-refractivity contribution in [1.82, 2.24) is 10.2 Å². The molecule has 84 valence electrons. The average molecular weight is 218 g/mol. The Kier molecular flexibility index (Phi) is 3.02. The van der Waals surface area contributed by atoms with Crippen LogP contribution in [0.4, 0.5) is 5.82 Å². The summed E-state index contributed by atoms with van der Waals surface area (Å²) in [5, 5.41) is 28.6. The molecule has 0 amide bonds. The topological polar surface area (TPSA) is 81.8 Å². The lowest BCUT2D eigenvalue weighted by molar-refractivity contribution is 0.253. The maximum atomic E-state index is 8.93. The van der Waals surface area contributed by atoms with Crippen LogP contribution in [0.1, 0.15) is 24.8 Å². The second-order valence-electron chi connectivity index (χ2n) is 4.23. The van der Waals surface area contributed by atoms with Crippen molar-refractivity contribution >= 4 is 5.82 Å². The third-order valence-corrected chi connectivity index (χ3v) is 3.07. The summed E-state index contributed by atoms with van der Waals surface area (Å²) in [6, 6.07) is 3.71. The molecule has 1 fully saturated rings. The van der Waals surface area contributed by atoms with Gasteiger partial charge in [0, 0.05) is 13.2 Å². The molecule has 1 aromatic heterocycles. The molecule has 0 aromatic carbocycles. The molecule has 5 heteroatoms. The Balaban J connectivity index is 1.97. The predicted molar refractivity (Wildman–Crippen MR) is 58.6 cm³/mol. The molecule has 2 rings (SSSR count). The second-order valence-corrected chi connectivity index (χ2v) is 4.23. The maximum absolute atomic E-state index is 8.93. The van der Waals surface area contributed by atoms with Gasteiger partial charge in [0.2, 0.25) is 0 Å². The van der Waals surface area contributed by atoms with E-state index in [2.05, 4.69) is 21.6 Å². The van der Waals surface area contributed by atoms with Crippen molar-refractivity contribution < 1.29 is 5.11 Å². The summed E-state index contributed by atoms with van der Waals surface area (Å²) in [5.41, 5.74) is 0.716. The van der Waals surface area contributed by atoms with Crippen LogP contribution < -0.4 is 5.32 Å². The zero-order valence-corrected chi connectivity index (χ0v) is 8.98. The third-order valence-electron chi connectivity index (χ3n) is 3.07.